The van der Waals surface area contributed by atoms with Crippen molar-refractivity contribution in [1.29, 1.82) is 0 Å². The van der Waals surface area contributed by atoms with E-state index >= 15 is 0 Å². The number of anilines is 2. The van der Waals surface area contributed by atoms with E-state index in [-0.39, 0.29) is 5.82 Å². The molecule has 2 nitrogen and oxygen atoms in total. The highest BCUT2D eigenvalue weighted by atomic mass is 19.1. The molecule has 0 aromatic heterocycles. The molecule has 2 aromatic rings. The predicted octanol–water partition coefficient (Wildman–Crippen LogP) is 4.01. The third kappa shape index (κ3) is 3.36. The zero-order valence-electron chi connectivity index (χ0n) is 12.3. The zero-order chi connectivity index (χ0) is 14.5. The lowest BCUT2D eigenvalue weighted by atomic mass is 10.1. The Hall–Kier alpha value is -1.87. The van der Waals surface area contributed by atoms with Crippen molar-refractivity contribution in [2.75, 3.05) is 18.5 Å². The standard InChI is InChI=1S/C17H21FN2/c1-4-19-12-14-5-10-17(13(2)11-14)20(3)16-8-6-15(18)7-9-16/h5-11,19H,4,12H2,1-3H3. The second-order valence-corrected chi connectivity index (χ2v) is 4.94. The summed E-state index contributed by atoms with van der Waals surface area (Å²) in [6.07, 6.45) is 0. The summed E-state index contributed by atoms with van der Waals surface area (Å²) in [7, 11) is 2.00. The van der Waals surface area contributed by atoms with Crippen LogP contribution in [0.15, 0.2) is 42.5 Å². The summed E-state index contributed by atoms with van der Waals surface area (Å²) in [5.41, 5.74) is 4.61. The molecular weight excluding hydrogens is 251 g/mol. The highest BCUT2D eigenvalue weighted by Crippen LogP contribution is 2.27. The summed E-state index contributed by atoms with van der Waals surface area (Å²) in [6, 6.07) is 13.0. The van der Waals surface area contributed by atoms with E-state index in [4.69, 9.17) is 0 Å². The maximum Gasteiger partial charge on any atom is 0.123 e. The highest BCUT2D eigenvalue weighted by molar-refractivity contribution is 5.65. The van der Waals surface area contributed by atoms with Crippen LogP contribution in [0.1, 0.15) is 18.1 Å². The minimum Gasteiger partial charge on any atom is -0.344 e. The van der Waals surface area contributed by atoms with Gasteiger partial charge in [-0.1, -0.05) is 19.1 Å². The first-order chi connectivity index (χ1) is 9.61. The summed E-state index contributed by atoms with van der Waals surface area (Å²) < 4.78 is 13.0. The molecule has 0 aliphatic rings. The minimum absolute atomic E-state index is 0.208. The number of hydrogen-bond donors (Lipinski definition) is 1. The van der Waals surface area contributed by atoms with Crippen LogP contribution >= 0.6 is 0 Å². The van der Waals surface area contributed by atoms with Crippen LogP contribution in [-0.4, -0.2) is 13.6 Å². The van der Waals surface area contributed by atoms with Crippen LogP contribution in [0.4, 0.5) is 15.8 Å². The average Bonchev–Trinajstić information content (AvgIpc) is 2.45. The molecule has 0 saturated heterocycles. The van der Waals surface area contributed by atoms with Crippen molar-refractivity contribution in [3.8, 4) is 0 Å². The SMILES string of the molecule is CCNCc1ccc(N(C)c2ccc(F)cc2)c(C)c1. The van der Waals surface area contributed by atoms with Crippen LogP contribution in [0.2, 0.25) is 0 Å². The Labute approximate surface area is 120 Å². The summed E-state index contributed by atoms with van der Waals surface area (Å²) in [4.78, 5) is 2.08. The van der Waals surface area contributed by atoms with Gasteiger partial charge in [-0.15, -0.1) is 0 Å². The molecule has 0 radical (unpaired) electrons. The molecule has 2 rings (SSSR count). The van der Waals surface area contributed by atoms with Crippen molar-refractivity contribution < 1.29 is 4.39 Å². The molecule has 0 saturated carbocycles. The molecule has 0 aliphatic carbocycles. The molecule has 0 unspecified atom stereocenters. The number of hydrogen-bond acceptors (Lipinski definition) is 2. The van der Waals surface area contributed by atoms with E-state index in [1.807, 2.05) is 7.05 Å². The van der Waals surface area contributed by atoms with Gasteiger partial charge in [-0.2, -0.15) is 0 Å². The van der Waals surface area contributed by atoms with Crippen molar-refractivity contribution in [3.63, 3.8) is 0 Å². The highest BCUT2D eigenvalue weighted by Gasteiger charge is 2.07. The molecule has 3 heteroatoms. The minimum atomic E-state index is -0.208. The van der Waals surface area contributed by atoms with Crippen LogP contribution in [0, 0.1) is 12.7 Å². The molecular formula is C17H21FN2. The number of benzene rings is 2. The molecule has 106 valence electrons. The summed E-state index contributed by atoms with van der Waals surface area (Å²) in [5, 5.41) is 3.32. The number of rotatable bonds is 5. The fourth-order valence-electron chi connectivity index (χ4n) is 2.28. The first-order valence-corrected chi connectivity index (χ1v) is 6.91. The Kier molecular flexibility index (Phi) is 4.74. The van der Waals surface area contributed by atoms with Crippen molar-refractivity contribution >= 4 is 11.4 Å². The maximum absolute atomic E-state index is 13.0. The topological polar surface area (TPSA) is 15.3 Å². The molecule has 0 bridgehead atoms. The van der Waals surface area contributed by atoms with Gasteiger partial charge in [0.1, 0.15) is 5.82 Å². The Morgan fingerprint density at radius 3 is 2.40 bits per heavy atom. The van der Waals surface area contributed by atoms with Gasteiger partial charge >= 0.3 is 0 Å². The fraction of sp³-hybridized carbons (Fsp3) is 0.294. The second-order valence-electron chi connectivity index (χ2n) is 4.94. The maximum atomic E-state index is 13.0. The molecule has 2 aromatic carbocycles. The van der Waals surface area contributed by atoms with Crippen molar-refractivity contribution in [2.24, 2.45) is 0 Å². The number of halogens is 1. The van der Waals surface area contributed by atoms with Gasteiger partial charge in [0.2, 0.25) is 0 Å². The van der Waals surface area contributed by atoms with Crippen LogP contribution in [0.3, 0.4) is 0 Å². The van der Waals surface area contributed by atoms with E-state index in [0.717, 1.165) is 24.5 Å². The van der Waals surface area contributed by atoms with E-state index in [9.17, 15) is 4.39 Å². The van der Waals surface area contributed by atoms with Gasteiger partial charge in [0.15, 0.2) is 0 Å². The average molecular weight is 272 g/mol. The normalized spacial score (nSPS) is 10.6. The molecule has 1 N–H and O–H groups in total. The lowest BCUT2D eigenvalue weighted by Crippen LogP contribution is -2.13. The van der Waals surface area contributed by atoms with Gasteiger partial charge < -0.3 is 10.2 Å². The largest absolute Gasteiger partial charge is 0.344 e. The fourth-order valence-corrected chi connectivity index (χ4v) is 2.28. The predicted molar refractivity (Wildman–Crippen MR) is 83.0 cm³/mol. The second kappa shape index (κ2) is 6.53. The van der Waals surface area contributed by atoms with Gasteiger partial charge in [0, 0.05) is 25.0 Å². The van der Waals surface area contributed by atoms with Crippen LogP contribution in [0.5, 0.6) is 0 Å². The Bertz CT molecular complexity index is 564. The zero-order valence-corrected chi connectivity index (χ0v) is 12.3. The van der Waals surface area contributed by atoms with E-state index < -0.39 is 0 Å². The third-order valence-corrected chi connectivity index (χ3v) is 3.42. The Morgan fingerprint density at radius 2 is 1.80 bits per heavy atom. The van der Waals surface area contributed by atoms with Crippen LogP contribution < -0.4 is 10.2 Å². The Morgan fingerprint density at radius 1 is 1.10 bits per heavy atom. The van der Waals surface area contributed by atoms with E-state index in [1.54, 1.807) is 12.1 Å². The molecule has 20 heavy (non-hydrogen) atoms. The Balaban J connectivity index is 2.21. The number of nitrogens with one attached hydrogen (secondary N) is 1. The van der Waals surface area contributed by atoms with Gasteiger partial charge in [-0.3, -0.25) is 0 Å². The van der Waals surface area contributed by atoms with Crippen molar-refractivity contribution in [3.05, 3.63) is 59.4 Å². The third-order valence-electron chi connectivity index (χ3n) is 3.42. The molecule has 0 fully saturated rings. The molecule has 0 amide bonds. The lowest BCUT2D eigenvalue weighted by Gasteiger charge is -2.22. The monoisotopic (exact) mass is 272 g/mol. The summed E-state index contributed by atoms with van der Waals surface area (Å²) in [6.45, 7) is 6.06. The summed E-state index contributed by atoms with van der Waals surface area (Å²) >= 11 is 0. The van der Waals surface area contributed by atoms with Gasteiger partial charge in [0.05, 0.1) is 0 Å². The van der Waals surface area contributed by atoms with E-state index in [2.05, 4.69) is 42.3 Å². The van der Waals surface area contributed by atoms with Gasteiger partial charge in [-0.05, 0) is 54.9 Å². The smallest absolute Gasteiger partial charge is 0.123 e. The van der Waals surface area contributed by atoms with E-state index in [0.29, 0.717) is 0 Å². The number of aryl methyl sites for hydroxylation is 1. The van der Waals surface area contributed by atoms with Crippen LogP contribution in [-0.2, 0) is 6.54 Å². The number of nitrogens with zero attached hydrogens (tertiary/aromatic N) is 1. The summed E-state index contributed by atoms with van der Waals surface area (Å²) in [5.74, 6) is -0.208. The van der Waals surface area contributed by atoms with Crippen molar-refractivity contribution in [2.45, 2.75) is 20.4 Å². The lowest BCUT2D eigenvalue weighted by molar-refractivity contribution is 0.628. The first-order valence-electron chi connectivity index (χ1n) is 6.91. The molecule has 0 heterocycles. The molecule has 0 aliphatic heterocycles. The van der Waals surface area contributed by atoms with Crippen molar-refractivity contribution in [1.82, 2.24) is 5.32 Å². The first kappa shape index (κ1) is 14.5. The molecule has 0 atom stereocenters. The van der Waals surface area contributed by atoms with Gasteiger partial charge in [-0.25, -0.2) is 4.39 Å². The quantitative estimate of drug-likeness (QED) is 0.884. The van der Waals surface area contributed by atoms with Gasteiger partial charge in [0.25, 0.3) is 0 Å². The van der Waals surface area contributed by atoms with Crippen LogP contribution in [0.25, 0.3) is 0 Å². The molecule has 0 spiro atoms. The van der Waals surface area contributed by atoms with E-state index in [1.165, 1.54) is 23.3 Å².